The van der Waals surface area contributed by atoms with Crippen LogP contribution in [0.5, 0.6) is 0 Å². The molecule has 2 heteroatoms. The van der Waals surface area contributed by atoms with Gasteiger partial charge in [-0.2, -0.15) is 0 Å². The van der Waals surface area contributed by atoms with Gasteiger partial charge in [-0.25, -0.2) is 4.98 Å². The Balaban J connectivity index is 2.69. The van der Waals surface area contributed by atoms with E-state index in [0.29, 0.717) is 0 Å². The van der Waals surface area contributed by atoms with Crippen molar-refractivity contribution < 1.29 is 4.42 Å². The Morgan fingerprint density at radius 3 is 2.50 bits per heavy atom. The van der Waals surface area contributed by atoms with Crippen LogP contribution in [0.2, 0.25) is 0 Å². The smallest absolute Gasteiger partial charge is 0.200 e. The van der Waals surface area contributed by atoms with Crippen molar-refractivity contribution >= 4 is 11.1 Å². The lowest BCUT2D eigenvalue weighted by Gasteiger charge is -2.11. The van der Waals surface area contributed by atoms with Crippen LogP contribution in [-0.4, -0.2) is 4.98 Å². The molecule has 0 atom stereocenters. The highest BCUT2D eigenvalue weighted by molar-refractivity contribution is 5.76. The number of hydrogen-bond acceptors (Lipinski definition) is 2. The number of fused-ring (bicyclic) bond motifs is 1. The average molecular weight is 189 g/mol. The molecule has 0 aliphatic rings. The van der Waals surface area contributed by atoms with Crippen molar-refractivity contribution in [2.45, 2.75) is 33.1 Å². The summed E-state index contributed by atoms with van der Waals surface area (Å²) in [4.78, 5) is 4.52. The van der Waals surface area contributed by atoms with E-state index in [1.165, 1.54) is 5.56 Å². The van der Waals surface area contributed by atoms with E-state index in [0.717, 1.165) is 17.0 Å². The second-order valence-electron chi connectivity index (χ2n) is 4.69. The fraction of sp³-hybridized carbons (Fsp3) is 0.417. The second-order valence-corrected chi connectivity index (χ2v) is 4.69. The maximum atomic E-state index is 5.70. The first-order chi connectivity index (χ1) is 6.48. The molecule has 2 aromatic rings. The van der Waals surface area contributed by atoms with Crippen molar-refractivity contribution in [1.29, 1.82) is 0 Å². The molecule has 1 aromatic carbocycles. The highest BCUT2D eigenvalue weighted by atomic mass is 16.3. The van der Waals surface area contributed by atoms with Crippen molar-refractivity contribution in [3.8, 4) is 0 Å². The van der Waals surface area contributed by atoms with E-state index in [1.54, 1.807) is 0 Å². The Bertz CT molecular complexity index is 463. The molecule has 0 aliphatic heterocycles. The predicted octanol–water partition coefficient (Wildman–Crippen LogP) is 3.43. The fourth-order valence-electron chi connectivity index (χ4n) is 1.41. The molecule has 0 aliphatic carbocycles. The van der Waals surface area contributed by atoms with Gasteiger partial charge in [-0.15, -0.1) is 0 Å². The lowest BCUT2D eigenvalue weighted by molar-refractivity contribution is 0.411. The van der Waals surface area contributed by atoms with Crippen LogP contribution in [-0.2, 0) is 5.41 Å². The first-order valence-electron chi connectivity index (χ1n) is 4.85. The van der Waals surface area contributed by atoms with Crippen molar-refractivity contribution in [2.75, 3.05) is 0 Å². The SMILES string of the molecule is Cc1cccc2oc(C(C)(C)C)nc12. The highest BCUT2D eigenvalue weighted by Crippen LogP contribution is 2.26. The monoisotopic (exact) mass is 189 g/mol. The normalized spacial score (nSPS) is 12.3. The van der Waals surface area contributed by atoms with Crippen LogP contribution in [0.25, 0.3) is 11.1 Å². The van der Waals surface area contributed by atoms with Crippen molar-refractivity contribution in [1.82, 2.24) is 4.98 Å². The van der Waals surface area contributed by atoms with Crippen LogP contribution >= 0.6 is 0 Å². The number of para-hydroxylation sites is 1. The van der Waals surface area contributed by atoms with Gasteiger partial charge in [0.05, 0.1) is 0 Å². The molecule has 1 heterocycles. The van der Waals surface area contributed by atoms with Gasteiger partial charge in [-0.1, -0.05) is 32.9 Å². The molecule has 0 saturated carbocycles. The van der Waals surface area contributed by atoms with E-state index in [2.05, 4.69) is 38.7 Å². The van der Waals surface area contributed by atoms with E-state index >= 15 is 0 Å². The van der Waals surface area contributed by atoms with Crippen LogP contribution in [0.3, 0.4) is 0 Å². The number of aryl methyl sites for hydroxylation is 1. The Kier molecular flexibility index (Phi) is 1.88. The first kappa shape index (κ1) is 9.25. The van der Waals surface area contributed by atoms with Gasteiger partial charge < -0.3 is 4.42 Å². The molecular weight excluding hydrogens is 174 g/mol. The molecule has 0 N–H and O–H groups in total. The second kappa shape index (κ2) is 2.84. The molecule has 1 aromatic heterocycles. The van der Waals surface area contributed by atoms with Gasteiger partial charge in [0.15, 0.2) is 5.58 Å². The number of rotatable bonds is 0. The lowest BCUT2D eigenvalue weighted by Crippen LogP contribution is -2.11. The topological polar surface area (TPSA) is 26.0 Å². The molecule has 74 valence electrons. The number of aromatic nitrogens is 1. The zero-order chi connectivity index (χ0) is 10.3. The minimum absolute atomic E-state index is 0.0224. The number of oxazole rings is 1. The van der Waals surface area contributed by atoms with Crippen LogP contribution in [0.4, 0.5) is 0 Å². The van der Waals surface area contributed by atoms with Crippen molar-refractivity contribution in [3.05, 3.63) is 29.7 Å². The van der Waals surface area contributed by atoms with E-state index in [-0.39, 0.29) is 5.41 Å². The summed E-state index contributed by atoms with van der Waals surface area (Å²) >= 11 is 0. The summed E-state index contributed by atoms with van der Waals surface area (Å²) in [7, 11) is 0. The van der Waals surface area contributed by atoms with Gasteiger partial charge in [0.25, 0.3) is 0 Å². The van der Waals surface area contributed by atoms with Gasteiger partial charge in [0, 0.05) is 5.41 Å². The predicted molar refractivity (Wildman–Crippen MR) is 57.4 cm³/mol. The van der Waals surface area contributed by atoms with Crippen molar-refractivity contribution in [3.63, 3.8) is 0 Å². The Labute approximate surface area is 84.0 Å². The third-order valence-electron chi connectivity index (χ3n) is 2.26. The molecule has 0 unspecified atom stereocenters. The maximum absolute atomic E-state index is 5.70. The van der Waals surface area contributed by atoms with Gasteiger partial charge >= 0.3 is 0 Å². The molecule has 0 radical (unpaired) electrons. The molecule has 0 fully saturated rings. The van der Waals surface area contributed by atoms with E-state index in [4.69, 9.17) is 4.42 Å². The lowest BCUT2D eigenvalue weighted by atomic mass is 9.97. The molecular formula is C12H15NO. The summed E-state index contributed by atoms with van der Waals surface area (Å²) in [6.45, 7) is 8.37. The molecule has 0 amide bonds. The summed E-state index contributed by atoms with van der Waals surface area (Å²) in [6.07, 6.45) is 0. The molecule has 2 rings (SSSR count). The molecule has 0 saturated heterocycles. The average Bonchev–Trinajstić information content (AvgIpc) is 2.48. The standard InChI is InChI=1S/C12H15NO/c1-8-6-5-7-9-10(8)13-11(14-9)12(2,3)4/h5-7H,1-4H3. The third kappa shape index (κ3) is 1.41. The van der Waals surface area contributed by atoms with E-state index < -0.39 is 0 Å². The minimum atomic E-state index is -0.0224. The van der Waals surface area contributed by atoms with Crippen LogP contribution in [0.15, 0.2) is 22.6 Å². The quantitative estimate of drug-likeness (QED) is 0.634. The maximum Gasteiger partial charge on any atom is 0.200 e. The summed E-state index contributed by atoms with van der Waals surface area (Å²) in [5, 5.41) is 0. The largest absolute Gasteiger partial charge is 0.440 e. The van der Waals surface area contributed by atoms with Crippen LogP contribution < -0.4 is 0 Å². The summed E-state index contributed by atoms with van der Waals surface area (Å²) in [6, 6.07) is 6.01. The molecule has 2 nitrogen and oxygen atoms in total. The molecule has 0 bridgehead atoms. The number of hydrogen-bond donors (Lipinski definition) is 0. The van der Waals surface area contributed by atoms with Crippen LogP contribution in [0.1, 0.15) is 32.2 Å². The van der Waals surface area contributed by atoms with E-state index in [1.807, 2.05) is 12.1 Å². The summed E-state index contributed by atoms with van der Waals surface area (Å²) in [5.74, 6) is 0.807. The van der Waals surface area contributed by atoms with Gasteiger partial charge in [-0.05, 0) is 18.6 Å². The van der Waals surface area contributed by atoms with Gasteiger partial charge in [0.1, 0.15) is 5.52 Å². The molecule has 0 spiro atoms. The summed E-state index contributed by atoms with van der Waals surface area (Å²) in [5.41, 5.74) is 3.01. The fourth-order valence-corrected chi connectivity index (χ4v) is 1.41. The molecule has 14 heavy (non-hydrogen) atoms. The minimum Gasteiger partial charge on any atom is -0.440 e. The zero-order valence-electron chi connectivity index (χ0n) is 9.09. The van der Waals surface area contributed by atoms with Crippen molar-refractivity contribution in [2.24, 2.45) is 0 Å². The Hall–Kier alpha value is -1.31. The van der Waals surface area contributed by atoms with Gasteiger partial charge in [-0.3, -0.25) is 0 Å². The Morgan fingerprint density at radius 2 is 1.93 bits per heavy atom. The van der Waals surface area contributed by atoms with Gasteiger partial charge in [0.2, 0.25) is 5.89 Å². The zero-order valence-corrected chi connectivity index (χ0v) is 9.09. The number of nitrogens with zero attached hydrogens (tertiary/aromatic N) is 1. The first-order valence-corrected chi connectivity index (χ1v) is 4.85. The highest BCUT2D eigenvalue weighted by Gasteiger charge is 2.21. The van der Waals surface area contributed by atoms with Crippen LogP contribution in [0, 0.1) is 6.92 Å². The summed E-state index contributed by atoms with van der Waals surface area (Å²) < 4.78 is 5.70. The van der Waals surface area contributed by atoms with E-state index in [9.17, 15) is 0 Å². The Morgan fingerprint density at radius 1 is 1.21 bits per heavy atom. The third-order valence-corrected chi connectivity index (χ3v) is 2.26. The number of benzene rings is 1.